The molecule has 0 saturated heterocycles. The molecule has 1 unspecified atom stereocenters. The average Bonchev–Trinajstić information content (AvgIpc) is 3.96. The van der Waals surface area contributed by atoms with Crippen molar-refractivity contribution in [2.45, 2.75) is 62.7 Å². The second-order valence-corrected chi connectivity index (χ2v) is 11.8. The lowest BCUT2D eigenvalue weighted by atomic mass is 9.93. The number of carbonyl (C=O) groups is 1. The molecule has 1 atom stereocenters. The van der Waals surface area contributed by atoms with Gasteiger partial charge in [0.1, 0.15) is 0 Å². The molecular weight excluding hydrogens is 565 g/mol. The number of alkyl halides is 3. The van der Waals surface area contributed by atoms with E-state index < -0.39 is 17.8 Å². The molecule has 10 heteroatoms. The van der Waals surface area contributed by atoms with E-state index >= 15 is 0 Å². The van der Waals surface area contributed by atoms with E-state index in [0.717, 1.165) is 53.8 Å². The highest BCUT2D eigenvalue weighted by Gasteiger charge is 2.37. The summed E-state index contributed by atoms with van der Waals surface area (Å²) in [4.78, 5) is 22.5. The first-order valence-corrected chi connectivity index (χ1v) is 14.9. The number of rotatable bonds is 9. The molecule has 4 aromatic rings. The van der Waals surface area contributed by atoms with Gasteiger partial charge < -0.3 is 21.4 Å². The zero-order chi connectivity index (χ0) is 30.4. The van der Waals surface area contributed by atoms with Crippen molar-refractivity contribution in [3.63, 3.8) is 0 Å². The van der Waals surface area contributed by atoms with E-state index in [1.165, 1.54) is 17.8 Å². The molecule has 44 heavy (non-hydrogen) atoms. The molecule has 1 aromatic heterocycles. The number of carbonyl (C=O) groups excluding carboxylic acids is 1. The topological polar surface area (TPSA) is 103 Å². The standard InChI is InChI=1S/C34H31F3N6O/c35-34(36,37)29-3-1-2-27-26(29)11-13-31(27)42-32(44)21-6-10-25(19-4-5-19)28(15-21)20-7-12-30-22(14-20)17-40-33(43-30)41-24(16-38)18-39-23-8-9-23/h1-3,6-7,10,12,14-19,23,31,38-39H,4-5,8-9,11,13H2,(H,42,44)(H,40,41,43)/b24-18+,38-16?. The third-order valence-electron chi connectivity index (χ3n) is 8.57. The molecule has 1 amide bonds. The smallest absolute Gasteiger partial charge is 0.386 e. The minimum atomic E-state index is -4.42. The van der Waals surface area contributed by atoms with Crippen molar-refractivity contribution in [2.75, 3.05) is 5.32 Å². The lowest BCUT2D eigenvalue weighted by molar-refractivity contribution is -0.138. The molecule has 4 N–H and O–H groups in total. The maximum atomic E-state index is 13.5. The summed E-state index contributed by atoms with van der Waals surface area (Å²) in [7, 11) is 0. The van der Waals surface area contributed by atoms with Crippen LogP contribution < -0.4 is 16.0 Å². The number of hydrogen-bond acceptors (Lipinski definition) is 6. The van der Waals surface area contributed by atoms with E-state index in [1.54, 1.807) is 18.5 Å². The largest absolute Gasteiger partial charge is 0.416 e. The van der Waals surface area contributed by atoms with Gasteiger partial charge in [0.15, 0.2) is 0 Å². The van der Waals surface area contributed by atoms with Gasteiger partial charge in [-0.2, -0.15) is 13.2 Å². The summed E-state index contributed by atoms with van der Waals surface area (Å²) in [6, 6.07) is 15.8. The summed E-state index contributed by atoms with van der Waals surface area (Å²) in [6.45, 7) is 0. The van der Waals surface area contributed by atoms with E-state index in [2.05, 4.69) is 25.9 Å². The highest BCUT2D eigenvalue weighted by Crippen LogP contribution is 2.45. The first-order chi connectivity index (χ1) is 21.3. The van der Waals surface area contributed by atoms with Crippen LogP contribution in [0, 0.1) is 5.41 Å². The number of fused-ring (bicyclic) bond motifs is 2. The Balaban J connectivity index is 1.14. The number of amides is 1. The quantitative estimate of drug-likeness (QED) is 0.152. The predicted molar refractivity (Wildman–Crippen MR) is 164 cm³/mol. The summed E-state index contributed by atoms with van der Waals surface area (Å²) < 4.78 is 40.6. The van der Waals surface area contributed by atoms with Crippen molar-refractivity contribution >= 4 is 29.0 Å². The van der Waals surface area contributed by atoms with E-state index in [9.17, 15) is 18.0 Å². The summed E-state index contributed by atoms with van der Waals surface area (Å²) >= 11 is 0. The number of allylic oxidation sites excluding steroid dienone is 1. The van der Waals surface area contributed by atoms with Crippen molar-refractivity contribution in [2.24, 2.45) is 0 Å². The molecular formula is C34H31F3N6O. The molecule has 7 nitrogen and oxygen atoms in total. The van der Waals surface area contributed by atoms with Crippen LogP contribution in [-0.4, -0.2) is 28.1 Å². The van der Waals surface area contributed by atoms with Gasteiger partial charge in [0.25, 0.3) is 5.91 Å². The van der Waals surface area contributed by atoms with Crippen LogP contribution in [-0.2, 0) is 12.6 Å². The van der Waals surface area contributed by atoms with Gasteiger partial charge in [-0.25, -0.2) is 9.97 Å². The SMILES string of the molecule is N=C/C(=C\NC1CC1)Nc1ncc2cc(-c3cc(C(=O)NC4CCc5c4cccc5C(F)(F)F)ccc3C3CC3)ccc2n1. The molecule has 1 heterocycles. The van der Waals surface area contributed by atoms with Crippen molar-refractivity contribution in [1.29, 1.82) is 5.41 Å². The molecule has 3 aliphatic rings. The lowest BCUT2D eigenvalue weighted by Crippen LogP contribution is -2.27. The van der Waals surface area contributed by atoms with Crippen LogP contribution >= 0.6 is 0 Å². The van der Waals surface area contributed by atoms with Gasteiger partial charge in [0.2, 0.25) is 5.95 Å². The Labute approximate surface area is 252 Å². The molecule has 224 valence electrons. The third kappa shape index (κ3) is 5.76. The Morgan fingerprint density at radius 1 is 0.977 bits per heavy atom. The fraction of sp³-hybridized carbons (Fsp3) is 0.294. The van der Waals surface area contributed by atoms with Crippen LogP contribution in [0.1, 0.15) is 76.7 Å². The number of benzene rings is 3. The van der Waals surface area contributed by atoms with E-state index in [4.69, 9.17) is 5.41 Å². The molecule has 0 radical (unpaired) electrons. The Kier molecular flexibility index (Phi) is 7.07. The van der Waals surface area contributed by atoms with Crippen LogP contribution in [0.3, 0.4) is 0 Å². The zero-order valence-corrected chi connectivity index (χ0v) is 23.8. The Hall–Kier alpha value is -4.73. The van der Waals surface area contributed by atoms with Gasteiger partial charge in [-0.05, 0) is 103 Å². The lowest BCUT2D eigenvalue weighted by Gasteiger charge is -2.17. The number of aromatic nitrogens is 2. The van der Waals surface area contributed by atoms with Crippen LogP contribution in [0.4, 0.5) is 19.1 Å². The number of halogens is 3. The van der Waals surface area contributed by atoms with Crippen LogP contribution in [0.25, 0.3) is 22.0 Å². The minimum Gasteiger partial charge on any atom is -0.386 e. The maximum Gasteiger partial charge on any atom is 0.416 e. The van der Waals surface area contributed by atoms with Gasteiger partial charge in [0, 0.05) is 35.6 Å². The second kappa shape index (κ2) is 11.1. The second-order valence-electron chi connectivity index (χ2n) is 11.8. The average molecular weight is 597 g/mol. The molecule has 2 fully saturated rings. The summed E-state index contributed by atoms with van der Waals surface area (Å²) in [5, 5.41) is 17.8. The Morgan fingerprint density at radius 2 is 1.82 bits per heavy atom. The van der Waals surface area contributed by atoms with Gasteiger partial charge >= 0.3 is 6.18 Å². The van der Waals surface area contributed by atoms with E-state index in [-0.39, 0.29) is 17.9 Å². The molecule has 3 aromatic carbocycles. The van der Waals surface area contributed by atoms with Gasteiger partial charge in [0.05, 0.1) is 22.8 Å². The third-order valence-corrected chi connectivity index (χ3v) is 8.57. The fourth-order valence-corrected chi connectivity index (χ4v) is 5.97. The normalized spacial score (nSPS) is 18.2. The van der Waals surface area contributed by atoms with Crippen molar-refractivity contribution in [3.8, 4) is 11.1 Å². The highest BCUT2D eigenvalue weighted by atomic mass is 19.4. The minimum absolute atomic E-state index is 0.270. The summed E-state index contributed by atoms with van der Waals surface area (Å²) in [5.74, 6) is 0.513. The molecule has 2 saturated carbocycles. The van der Waals surface area contributed by atoms with E-state index in [1.807, 2.05) is 36.4 Å². The van der Waals surface area contributed by atoms with E-state index in [0.29, 0.717) is 41.2 Å². The van der Waals surface area contributed by atoms with Crippen molar-refractivity contribution in [1.82, 2.24) is 20.6 Å². The van der Waals surface area contributed by atoms with Crippen LogP contribution in [0.5, 0.6) is 0 Å². The summed E-state index contributed by atoms with van der Waals surface area (Å²) in [6.07, 6.45) is 5.45. The van der Waals surface area contributed by atoms with Gasteiger partial charge in [-0.3, -0.25) is 4.79 Å². The Morgan fingerprint density at radius 3 is 2.57 bits per heavy atom. The summed E-state index contributed by atoms with van der Waals surface area (Å²) in [5.41, 5.74) is 5.02. The zero-order valence-electron chi connectivity index (χ0n) is 23.8. The molecule has 0 spiro atoms. The molecule has 7 rings (SSSR count). The van der Waals surface area contributed by atoms with Crippen molar-refractivity contribution < 1.29 is 18.0 Å². The molecule has 3 aliphatic carbocycles. The monoisotopic (exact) mass is 596 g/mol. The van der Waals surface area contributed by atoms with Crippen LogP contribution in [0.15, 0.2) is 72.7 Å². The molecule has 0 aliphatic heterocycles. The number of nitrogens with one attached hydrogen (secondary N) is 4. The number of anilines is 1. The first kappa shape index (κ1) is 28.1. The molecule has 0 bridgehead atoms. The first-order valence-electron chi connectivity index (χ1n) is 14.9. The highest BCUT2D eigenvalue weighted by molar-refractivity contribution is 5.97. The Bertz CT molecular complexity index is 1810. The number of hydrogen-bond donors (Lipinski definition) is 4. The predicted octanol–water partition coefficient (Wildman–Crippen LogP) is 7.27. The van der Waals surface area contributed by atoms with Gasteiger partial charge in [-0.15, -0.1) is 0 Å². The van der Waals surface area contributed by atoms with Gasteiger partial charge in [-0.1, -0.05) is 24.3 Å². The maximum absolute atomic E-state index is 13.5. The number of nitrogens with zero attached hydrogens (tertiary/aromatic N) is 2. The fourth-order valence-electron chi connectivity index (χ4n) is 5.97. The van der Waals surface area contributed by atoms with Crippen molar-refractivity contribution in [3.05, 3.63) is 101 Å². The van der Waals surface area contributed by atoms with Crippen LogP contribution in [0.2, 0.25) is 0 Å².